The van der Waals surface area contributed by atoms with Gasteiger partial charge in [-0.1, -0.05) is 36.4 Å². The summed E-state index contributed by atoms with van der Waals surface area (Å²) in [6, 6.07) is 14.7. The molecule has 3 atom stereocenters. The van der Waals surface area contributed by atoms with Crippen LogP contribution in [-0.4, -0.2) is 22.0 Å². The first-order valence-electron chi connectivity index (χ1n) is 12.6. The first-order valence-corrected chi connectivity index (χ1v) is 12.6. The number of halogens is 1. The van der Waals surface area contributed by atoms with Crippen LogP contribution in [0, 0.1) is 18.7 Å². The third-order valence-electron chi connectivity index (χ3n) is 7.14. The molecule has 2 aliphatic carbocycles. The van der Waals surface area contributed by atoms with E-state index < -0.39 is 6.10 Å². The van der Waals surface area contributed by atoms with Crippen LogP contribution in [-0.2, 0) is 22.6 Å². The number of rotatable bonds is 10. The van der Waals surface area contributed by atoms with Crippen LogP contribution >= 0.6 is 0 Å². The predicted molar refractivity (Wildman–Crippen MR) is 137 cm³/mol. The Morgan fingerprint density at radius 1 is 1.14 bits per heavy atom. The average Bonchev–Trinajstić information content (AvgIpc) is 3.47. The van der Waals surface area contributed by atoms with Gasteiger partial charge in [-0.25, -0.2) is 4.39 Å². The largest absolute Gasteiger partial charge is 0.497 e. The molecule has 1 saturated carbocycles. The summed E-state index contributed by atoms with van der Waals surface area (Å²) in [7, 11) is 1.62. The molecule has 1 N–H and O–H groups in total. The lowest BCUT2D eigenvalue weighted by Gasteiger charge is -2.24. The SMILES string of the molecule is COC1=CC(c2ccc(F)cc2[C@@H](C)OCc2ccccc2)C(C(O)c2cn(CC3CC3)nc2C)=C1. The second-order valence-corrected chi connectivity index (χ2v) is 9.85. The summed E-state index contributed by atoms with van der Waals surface area (Å²) in [5.41, 5.74) is 5.08. The molecule has 5 nitrogen and oxygen atoms in total. The summed E-state index contributed by atoms with van der Waals surface area (Å²) in [6.07, 6.45) is 7.09. The van der Waals surface area contributed by atoms with Crippen molar-refractivity contribution in [3.05, 3.63) is 112 Å². The zero-order chi connectivity index (χ0) is 25.2. The van der Waals surface area contributed by atoms with Crippen LogP contribution in [0.4, 0.5) is 4.39 Å². The molecule has 6 heteroatoms. The Morgan fingerprint density at radius 3 is 2.64 bits per heavy atom. The average molecular weight is 489 g/mol. The monoisotopic (exact) mass is 488 g/mol. The minimum Gasteiger partial charge on any atom is -0.497 e. The van der Waals surface area contributed by atoms with Crippen molar-refractivity contribution in [2.75, 3.05) is 7.11 Å². The summed E-state index contributed by atoms with van der Waals surface area (Å²) < 4.78 is 28.1. The first kappa shape index (κ1) is 24.5. The number of ether oxygens (including phenoxy) is 2. The van der Waals surface area contributed by atoms with Gasteiger partial charge in [0.1, 0.15) is 17.7 Å². The van der Waals surface area contributed by atoms with E-state index in [1.807, 2.05) is 67.2 Å². The molecule has 1 heterocycles. The highest BCUT2D eigenvalue weighted by Gasteiger charge is 2.32. The zero-order valence-electron chi connectivity index (χ0n) is 21.0. The highest BCUT2D eigenvalue weighted by atomic mass is 19.1. The Morgan fingerprint density at radius 2 is 1.92 bits per heavy atom. The molecule has 5 rings (SSSR count). The summed E-state index contributed by atoms with van der Waals surface area (Å²) in [5.74, 6) is 0.763. The topological polar surface area (TPSA) is 56.5 Å². The molecule has 0 aliphatic heterocycles. The maximum atomic E-state index is 14.4. The van der Waals surface area contributed by atoms with Gasteiger partial charge >= 0.3 is 0 Å². The molecule has 1 aromatic heterocycles. The lowest BCUT2D eigenvalue weighted by atomic mass is 9.84. The van der Waals surface area contributed by atoms with E-state index in [0.29, 0.717) is 18.3 Å². The fraction of sp³-hybridized carbons (Fsp3) is 0.367. The van der Waals surface area contributed by atoms with Crippen molar-refractivity contribution in [1.82, 2.24) is 9.78 Å². The van der Waals surface area contributed by atoms with Crippen molar-refractivity contribution >= 4 is 0 Å². The lowest BCUT2D eigenvalue weighted by molar-refractivity contribution is 0.0517. The van der Waals surface area contributed by atoms with E-state index in [2.05, 4.69) is 5.10 Å². The van der Waals surface area contributed by atoms with Gasteiger partial charge in [0.15, 0.2) is 0 Å². The van der Waals surface area contributed by atoms with Gasteiger partial charge in [0.2, 0.25) is 0 Å². The van der Waals surface area contributed by atoms with Crippen molar-refractivity contribution in [1.29, 1.82) is 0 Å². The van der Waals surface area contributed by atoms with Crippen molar-refractivity contribution in [3.63, 3.8) is 0 Å². The minimum atomic E-state index is -0.856. The Kier molecular flexibility index (Phi) is 7.08. The zero-order valence-corrected chi connectivity index (χ0v) is 21.0. The third kappa shape index (κ3) is 5.30. The van der Waals surface area contributed by atoms with Crippen molar-refractivity contribution in [2.45, 2.75) is 58.0 Å². The summed E-state index contributed by atoms with van der Waals surface area (Å²) >= 11 is 0. The van der Waals surface area contributed by atoms with E-state index in [0.717, 1.165) is 40.1 Å². The van der Waals surface area contributed by atoms with Crippen LogP contribution in [0.2, 0.25) is 0 Å². The molecular weight excluding hydrogens is 455 g/mol. The number of benzene rings is 2. The van der Waals surface area contributed by atoms with Gasteiger partial charge < -0.3 is 14.6 Å². The number of methoxy groups -OCH3 is 1. The number of aliphatic hydroxyl groups excluding tert-OH is 1. The van der Waals surface area contributed by atoms with Gasteiger partial charge in [-0.3, -0.25) is 4.68 Å². The number of hydrogen-bond donors (Lipinski definition) is 1. The molecule has 1 fully saturated rings. The molecule has 2 unspecified atom stereocenters. The molecule has 0 amide bonds. The molecule has 36 heavy (non-hydrogen) atoms. The molecular formula is C30H33FN2O3. The smallest absolute Gasteiger partial charge is 0.123 e. The van der Waals surface area contributed by atoms with Crippen LogP contribution < -0.4 is 0 Å². The summed E-state index contributed by atoms with van der Waals surface area (Å²) in [5, 5.41) is 16.2. The van der Waals surface area contributed by atoms with Gasteiger partial charge in [-0.05, 0) is 79.2 Å². The first-order chi connectivity index (χ1) is 17.4. The van der Waals surface area contributed by atoms with Crippen molar-refractivity contribution in [2.24, 2.45) is 5.92 Å². The fourth-order valence-electron chi connectivity index (χ4n) is 4.91. The Balaban J connectivity index is 1.43. The summed E-state index contributed by atoms with van der Waals surface area (Å²) in [6.45, 7) is 5.17. The van der Waals surface area contributed by atoms with Crippen LogP contribution in [0.15, 0.2) is 78.2 Å². The molecule has 0 radical (unpaired) electrons. The number of nitrogens with zero attached hydrogens (tertiary/aromatic N) is 2. The number of allylic oxidation sites excluding steroid dienone is 2. The Bertz CT molecular complexity index is 1280. The Hall–Kier alpha value is -3.22. The standard InChI is InChI=1S/C30H33FN2O3/c1-19-29(17-33(32-19)16-21-9-10-21)30(34)28-15-24(35-3)14-27(28)25-12-11-23(31)13-26(25)20(2)36-18-22-7-5-4-6-8-22/h4-8,11-15,17,20-21,27,30,34H,9-10,16,18H2,1-3H3/t20-,27?,30?/m1/s1. The number of hydrogen-bond acceptors (Lipinski definition) is 4. The van der Waals surface area contributed by atoms with E-state index in [1.165, 1.54) is 25.0 Å². The van der Waals surface area contributed by atoms with Gasteiger partial charge in [0, 0.05) is 24.2 Å². The van der Waals surface area contributed by atoms with E-state index in [4.69, 9.17) is 9.47 Å². The van der Waals surface area contributed by atoms with Crippen molar-refractivity contribution < 1.29 is 19.0 Å². The normalized spacial score (nSPS) is 19.1. The number of aromatic nitrogens is 2. The van der Waals surface area contributed by atoms with Crippen molar-refractivity contribution in [3.8, 4) is 0 Å². The van der Waals surface area contributed by atoms with E-state index >= 15 is 0 Å². The van der Waals surface area contributed by atoms with Crippen LogP contribution in [0.25, 0.3) is 0 Å². The van der Waals surface area contributed by atoms with Gasteiger partial charge in [0.05, 0.1) is 25.5 Å². The molecule has 0 saturated heterocycles. The molecule has 0 bridgehead atoms. The van der Waals surface area contributed by atoms with Gasteiger partial charge in [-0.2, -0.15) is 5.10 Å². The molecule has 2 aliphatic rings. The Labute approximate surface area is 211 Å². The molecule has 0 spiro atoms. The second kappa shape index (κ2) is 10.4. The van der Waals surface area contributed by atoms with Gasteiger partial charge in [-0.15, -0.1) is 0 Å². The molecule has 188 valence electrons. The third-order valence-corrected chi connectivity index (χ3v) is 7.14. The maximum Gasteiger partial charge on any atom is 0.123 e. The van der Waals surface area contributed by atoms with Crippen LogP contribution in [0.1, 0.15) is 65.8 Å². The summed E-state index contributed by atoms with van der Waals surface area (Å²) in [4.78, 5) is 0. The predicted octanol–water partition coefficient (Wildman–Crippen LogP) is 6.31. The quantitative estimate of drug-likeness (QED) is 0.364. The highest BCUT2D eigenvalue weighted by molar-refractivity contribution is 5.50. The second-order valence-electron chi connectivity index (χ2n) is 9.85. The van der Waals surface area contributed by atoms with Crippen LogP contribution in [0.3, 0.4) is 0 Å². The van der Waals surface area contributed by atoms with E-state index in [9.17, 15) is 9.50 Å². The van der Waals surface area contributed by atoms with Gasteiger partial charge in [0.25, 0.3) is 0 Å². The van der Waals surface area contributed by atoms with Crippen LogP contribution in [0.5, 0.6) is 0 Å². The molecule has 3 aromatic rings. The number of aryl methyl sites for hydroxylation is 1. The number of aliphatic hydroxyl groups is 1. The highest BCUT2D eigenvalue weighted by Crippen LogP contribution is 2.44. The maximum absolute atomic E-state index is 14.4. The lowest BCUT2D eigenvalue weighted by Crippen LogP contribution is -2.12. The van der Waals surface area contributed by atoms with E-state index in [-0.39, 0.29) is 17.8 Å². The molecule has 2 aromatic carbocycles. The van der Waals surface area contributed by atoms with E-state index in [1.54, 1.807) is 13.2 Å². The fourth-order valence-corrected chi connectivity index (χ4v) is 4.91. The minimum absolute atomic E-state index is 0.278.